The van der Waals surface area contributed by atoms with Gasteiger partial charge in [-0.1, -0.05) is 47.2 Å². The lowest BCUT2D eigenvalue weighted by molar-refractivity contribution is -0.128. The molecule has 0 radical (unpaired) electrons. The van der Waals surface area contributed by atoms with Gasteiger partial charge in [-0.2, -0.15) is 0 Å². The monoisotopic (exact) mass is 536 g/mol. The predicted molar refractivity (Wildman–Crippen MR) is 143 cm³/mol. The van der Waals surface area contributed by atoms with Gasteiger partial charge < -0.3 is 9.64 Å². The zero-order valence-electron chi connectivity index (χ0n) is 19.2. The van der Waals surface area contributed by atoms with Crippen molar-refractivity contribution in [3.8, 4) is 16.3 Å². The van der Waals surface area contributed by atoms with E-state index in [4.69, 9.17) is 16.3 Å². The van der Waals surface area contributed by atoms with Crippen molar-refractivity contribution >= 4 is 51.6 Å². The summed E-state index contributed by atoms with van der Waals surface area (Å²) in [6, 6.07) is 22.3. The average Bonchev–Trinajstić information content (AvgIpc) is 3.52. The molecule has 1 fully saturated rings. The second kappa shape index (κ2) is 10.7. The number of benzene rings is 3. The molecule has 7 nitrogen and oxygen atoms in total. The number of nitrogens with one attached hydrogen (secondary N) is 1. The first-order valence-electron chi connectivity index (χ1n) is 11.0. The summed E-state index contributed by atoms with van der Waals surface area (Å²) in [6.07, 6.45) is 0. The van der Waals surface area contributed by atoms with Gasteiger partial charge in [0.15, 0.2) is 0 Å². The van der Waals surface area contributed by atoms with Crippen molar-refractivity contribution in [3.63, 3.8) is 0 Å². The third-order valence-corrected chi connectivity index (χ3v) is 8.07. The van der Waals surface area contributed by atoms with Crippen LogP contribution in [0.4, 0.5) is 5.13 Å². The van der Waals surface area contributed by atoms with Crippen molar-refractivity contribution in [2.45, 2.75) is 11.9 Å². The fourth-order valence-corrected chi connectivity index (χ4v) is 5.84. The summed E-state index contributed by atoms with van der Waals surface area (Å²) in [7, 11) is 1.61. The molecule has 0 bridgehead atoms. The highest BCUT2D eigenvalue weighted by Crippen LogP contribution is 2.39. The lowest BCUT2D eigenvalue weighted by Gasteiger charge is -2.24. The van der Waals surface area contributed by atoms with Crippen LogP contribution >= 0.6 is 34.7 Å². The van der Waals surface area contributed by atoms with E-state index >= 15 is 0 Å². The van der Waals surface area contributed by atoms with Gasteiger partial charge in [0.1, 0.15) is 16.1 Å². The normalized spacial score (nSPS) is 15.2. The number of methoxy groups -OCH3 is 1. The zero-order chi connectivity index (χ0) is 25.1. The van der Waals surface area contributed by atoms with E-state index in [-0.39, 0.29) is 17.2 Å². The summed E-state index contributed by atoms with van der Waals surface area (Å²) in [5.41, 5.74) is 3.37. The van der Waals surface area contributed by atoms with Crippen LogP contribution < -0.4 is 10.1 Å². The Bertz CT molecular complexity index is 1380. The van der Waals surface area contributed by atoms with Crippen molar-refractivity contribution in [1.82, 2.24) is 15.1 Å². The molecule has 1 aliphatic heterocycles. The quantitative estimate of drug-likeness (QED) is 0.317. The van der Waals surface area contributed by atoms with Crippen molar-refractivity contribution < 1.29 is 14.3 Å². The largest absolute Gasteiger partial charge is 0.497 e. The number of nitrogens with zero attached hydrogens (tertiary/aromatic N) is 3. The standard InChI is InChI=1S/C26H21ClN4O3S2/c1-34-21-12-8-18(9-13-21)24-29-30-26(36-24)28-23(33)17-4-6-19(7-5-17)25-31(22(32)15-35-25)14-16-2-10-20(27)11-3-16/h2-13,25H,14-15H2,1H3,(H,28,30,33)/t25-/m1/s1. The van der Waals surface area contributed by atoms with Gasteiger partial charge in [-0.25, -0.2) is 0 Å². The minimum absolute atomic E-state index is 0.0886. The molecule has 0 unspecified atom stereocenters. The van der Waals surface area contributed by atoms with Crippen molar-refractivity contribution in [2.24, 2.45) is 0 Å². The first-order chi connectivity index (χ1) is 17.5. The molecule has 36 heavy (non-hydrogen) atoms. The van der Waals surface area contributed by atoms with Crippen LogP contribution in [0.15, 0.2) is 72.8 Å². The Kier molecular flexibility index (Phi) is 7.22. The first kappa shape index (κ1) is 24.3. The van der Waals surface area contributed by atoms with Gasteiger partial charge in [0, 0.05) is 22.7 Å². The smallest absolute Gasteiger partial charge is 0.257 e. The number of amides is 2. The molecule has 0 saturated carbocycles. The number of carbonyl (C=O) groups is 2. The second-order valence-electron chi connectivity index (χ2n) is 8.03. The molecule has 2 heterocycles. The van der Waals surface area contributed by atoms with E-state index in [2.05, 4.69) is 15.5 Å². The first-order valence-corrected chi connectivity index (χ1v) is 13.3. The number of halogens is 1. The van der Waals surface area contributed by atoms with E-state index in [0.717, 1.165) is 22.4 Å². The SMILES string of the molecule is COc1ccc(-c2nnc(NC(=O)c3ccc([C@H]4SCC(=O)N4Cc4ccc(Cl)cc4)cc3)s2)cc1. The fraction of sp³-hybridized carbons (Fsp3) is 0.154. The van der Waals surface area contributed by atoms with Gasteiger partial charge in [-0.15, -0.1) is 22.0 Å². The minimum atomic E-state index is -0.271. The molecule has 1 N–H and O–H groups in total. The van der Waals surface area contributed by atoms with Gasteiger partial charge in [0.05, 0.1) is 12.9 Å². The molecule has 4 aromatic rings. The molecule has 5 rings (SSSR count). The van der Waals surface area contributed by atoms with Crippen LogP contribution in [0.2, 0.25) is 5.02 Å². The second-order valence-corrected chi connectivity index (χ2v) is 10.5. The summed E-state index contributed by atoms with van der Waals surface area (Å²) >= 11 is 8.86. The highest BCUT2D eigenvalue weighted by molar-refractivity contribution is 8.00. The Labute approximate surface area is 221 Å². The Morgan fingerprint density at radius 2 is 1.78 bits per heavy atom. The van der Waals surface area contributed by atoms with Crippen molar-refractivity contribution in [3.05, 3.63) is 94.5 Å². The third kappa shape index (κ3) is 5.38. The number of aromatic nitrogens is 2. The van der Waals surface area contributed by atoms with E-state index in [9.17, 15) is 9.59 Å². The molecule has 3 aromatic carbocycles. The highest BCUT2D eigenvalue weighted by atomic mass is 35.5. The van der Waals surface area contributed by atoms with Crippen LogP contribution in [0.1, 0.15) is 26.9 Å². The summed E-state index contributed by atoms with van der Waals surface area (Å²) < 4.78 is 5.18. The third-order valence-electron chi connectivity index (χ3n) is 5.67. The van der Waals surface area contributed by atoms with Crippen LogP contribution in [0.3, 0.4) is 0 Å². The van der Waals surface area contributed by atoms with Gasteiger partial charge in [0.25, 0.3) is 5.91 Å². The number of anilines is 1. The molecule has 182 valence electrons. The minimum Gasteiger partial charge on any atom is -0.497 e. The number of carbonyl (C=O) groups excluding carboxylic acids is 2. The van der Waals surface area contributed by atoms with E-state index in [0.29, 0.717) is 33.0 Å². The molecule has 0 spiro atoms. The maximum absolute atomic E-state index is 12.8. The lowest BCUT2D eigenvalue weighted by atomic mass is 10.1. The van der Waals surface area contributed by atoms with E-state index in [1.165, 1.54) is 11.3 Å². The van der Waals surface area contributed by atoms with Crippen LogP contribution in [0.5, 0.6) is 5.75 Å². The van der Waals surface area contributed by atoms with E-state index in [1.807, 2.05) is 65.6 Å². The van der Waals surface area contributed by atoms with Crippen molar-refractivity contribution in [2.75, 3.05) is 18.2 Å². The highest BCUT2D eigenvalue weighted by Gasteiger charge is 2.32. The van der Waals surface area contributed by atoms with Crippen LogP contribution in [-0.2, 0) is 11.3 Å². The lowest BCUT2D eigenvalue weighted by Crippen LogP contribution is -2.27. The van der Waals surface area contributed by atoms with Gasteiger partial charge >= 0.3 is 0 Å². The zero-order valence-corrected chi connectivity index (χ0v) is 21.6. The van der Waals surface area contributed by atoms with E-state index < -0.39 is 0 Å². The molecule has 0 aliphatic carbocycles. The Morgan fingerprint density at radius 3 is 2.47 bits per heavy atom. The fourth-order valence-electron chi connectivity index (χ4n) is 3.78. The Balaban J connectivity index is 1.25. The van der Waals surface area contributed by atoms with Crippen LogP contribution in [-0.4, -0.2) is 39.8 Å². The number of thioether (sulfide) groups is 1. The van der Waals surface area contributed by atoms with E-state index in [1.54, 1.807) is 31.0 Å². The number of ether oxygens (including phenoxy) is 1. The summed E-state index contributed by atoms with van der Waals surface area (Å²) in [6.45, 7) is 0.503. The van der Waals surface area contributed by atoms with Gasteiger partial charge in [-0.05, 0) is 59.7 Å². The van der Waals surface area contributed by atoms with Gasteiger partial charge in [0.2, 0.25) is 11.0 Å². The number of hydrogen-bond donors (Lipinski definition) is 1. The Hall–Kier alpha value is -3.40. The Morgan fingerprint density at radius 1 is 1.06 bits per heavy atom. The summed E-state index contributed by atoms with van der Waals surface area (Å²) in [4.78, 5) is 27.2. The molecule has 10 heteroatoms. The molecule has 1 saturated heterocycles. The predicted octanol–water partition coefficient (Wildman–Crippen LogP) is 5.89. The molecular weight excluding hydrogens is 516 g/mol. The molecule has 1 aromatic heterocycles. The average molecular weight is 537 g/mol. The van der Waals surface area contributed by atoms with Crippen LogP contribution in [0.25, 0.3) is 10.6 Å². The molecule has 1 aliphatic rings. The molecule has 1 atom stereocenters. The number of hydrogen-bond acceptors (Lipinski definition) is 7. The summed E-state index contributed by atoms with van der Waals surface area (Å²) in [5, 5.41) is 12.8. The number of rotatable bonds is 7. The topological polar surface area (TPSA) is 84.4 Å². The van der Waals surface area contributed by atoms with Gasteiger partial charge in [-0.3, -0.25) is 14.9 Å². The maximum atomic E-state index is 12.8. The summed E-state index contributed by atoms with van der Waals surface area (Å²) in [5.74, 6) is 1.00. The molecule has 2 amide bonds. The molecular formula is C26H21ClN4O3S2. The van der Waals surface area contributed by atoms with Crippen molar-refractivity contribution in [1.29, 1.82) is 0 Å². The van der Waals surface area contributed by atoms with Crippen LogP contribution in [0, 0.1) is 0 Å². The maximum Gasteiger partial charge on any atom is 0.257 e.